The van der Waals surface area contributed by atoms with Crippen LogP contribution >= 0.6 is 15.9 Å². The summed E-state index contributed by atoms with van der Waals surface area (Å²) in [5.74, 6) is -0.104. The van der Waals surface area contributed by atoms with Gasteiger partial charge in [-0.15, -0.1) is 0 Å². The van der Waals surface area contributed by atoms with Crippen molar-refractivity contribution >= 4 is 21.8 Å². The smallest absolute Gasteiger partial charge is 0.257 e. The van der Waals surface area contributed by atoms with Crippen LogP contribution in [0.15, 0.2) is 22.7 Å². The minimum Gasteiger partial charge on any atom is -0.334 e. The number of hydrogen-bond donors (Lipinski definition) is 1. The summed E-state index contributed by atoms with van der Waals surface area (Å²) in [7, 11) is 0. The fourth-order valence-corrected chi connectivity index (χ4v) is 3.25. The van der Waals surface area contributed by atoms with E-state index in [9.17, 15) is 9.18 Å². The van der Waals surface area contributed by atoms with Crippen LogP contribution in [0.5, 0.6) is 0 Å². The molecule has 3 nitrogen and oxygen atoms in total. The Morgan fingerprint density at radius 3 is 3.06 bits per heavy atom. The van der Waals surface area contributed by atoms with Crippen LogP contribution in [0.1, 0.15) is 16.8 Å². The van der Waals surface area contributed by atoms with Gasteiger partial charge in [0.15, 0.2) is 0 Å². The molecule has 2 aliphatic rings. The Bertz CT molecular complexity index is 494. The highest BCUT2D eigenvalue weighted by atomic mass is 79.9. The normalized spacial score (nSPS) is 26.4. The molecular formula is C13H14BrFN2O. The number of nitrogens with zero attached hydrogens (tertiary/aromatic N) is 1. The van der Waals surface area contributed by atoms with Crippen LogP contribution < -0.4 is 5.32 Å². The van der Waals surface area contributed by atoms with Crippen LogP contribution in [-0.4, -0.2) is 36.5 Å². The number of hydrogen-bond acceptors (Lipinski definition) is 2. The van der Waals surface area contributed by atoms with Gasteiger partial charge in [0, 0.05) is 30.1 Å². The van der Waals surface area contributed by atoms with Gasteiger partial charge in [-0.3, -0.25) is 4.79 Å². The molecule has 1 aromatic carbocycles. The average Bonchev–Trinajstić information content (AvgIpc) is 2.89. The van der Waals surface area contributed by atoms with Gasteiger partial charge in [0.25, 0.3) is 5.91 Å². The lowest BCUT2D eigenvalue weighted by molar-refractivity contribution is 0.0732. The third-order valence-electron chi connectivity index (χ3n) is 3.87. The van der Waals surface area contributed by atoms with Gasteiger partial charge in [-0.1, -0.05) is 15.9 Å². The summed E-state index contributed by atoms with van der Waals surface area (Å²) in [6.07, 6.45) is 1.02. The monoisotopic (exact) mass is 312 g/mol. The average molecular weight is 313 g/mol. The van der Waals surface area contributed by atoms with Crippen LogP contribution in [0.2, 0.25) is 0 Å². The number of carbonyl (C=O) groups excluding carboxylic acids is 1. The van der Waals surface area contributed by atoms with Gasteiger partial charge in [0.2, 0.25) is 0 Å². The number of amides is 1. The highest BCUT2D eigenvalue weighted by molar-refractivity contribution is 9.10. The van der Waals surface area contributed by atoms with Crippen molar-refractivity contribution in [3.8, 4) is 0 Å². The molecule has 1 N–H and O–H groups in total. The second-order valence-corrected chi connectivity index (χ2v) is 5.81. The maximum atomic E-state index is 13.8. The van der Waals surface area contributed by atoms with Crippen LogP contribution in [0, 0.1) is 11.7 Å². The van der Waals surface area contributed by atoms with E-state index in [1.165, 1.54) is 6.07 Å². The quantitative estimate of drug-likeness (QED) is 0.860. The predicted molar refractivity (Wildman–Crippen MR) is 69.9 cm³/mol. The second-order valence-electron chi connectivity index (χ2n) is 4.90. The molecule has 0 aromatic heterocycles. The first-order valence-corrected chi connectivity index (χ1v) is 6.93. The summed E-state index contributed by atoms with van der Waals surface area (Å²) in [6, 6.07) is 4.84. The molecule has 2 heterocycles. The molecule has 2 atom stereocenters. The summed E-state index contributed by atoms with van der Waals surface area (Å²) in [5, 5.41) is 3.29. The lowest BCUT2D eigenvalue weighted by Gasteiger charge is -2.23. The first-order chi connectivity index (χ1) is 8.66. The number of benzene rings is 1. The molecule has 1 aromatic rings. The van der Waals surface area contributed by atoms with Gasteiger partial charge in [0.1, 0.15) is 5.82 Å². The Labute approximate surface area is 113 Å². The number of carbonyl (C=O) groups is 1. The van der Waals surface area contributed by atoms with Crippen LogP contribution in [0.25, 0.3) is 0 Å². The zero-order valence-electron chi connectivity index (χ0n) is 9.83. The number of halogens is 2. The largest absolute Gasteiger partial charge is 0.334 e. The Balaban J connectivity index is 1.86. The minimum absolute atomic E-state index is 0.172. The van der Waals surface area contributed by atoms with Crippen LogP contribution in [-0.2, 0) is 0 Å². The van der Waals surface area contributed by atoms with E-state index in [1.54, 1.807) is 12.1 Å². The third-order valence-corrected chi connectivity index (χ3v) is 4.36. The molecule has 3 rings (SSSR count). The summed E-state index contributed by atoms with van der Waals surface area (Å²) in [5.41, 5.74) is 0.172. The zero-order chi connectivity index (χ0) is 12.7. The molecular weight excluding hydrogens is 299 g/mol. The number of fused-ring (bicyclic) bond motifs is 1. The van der Waals surface area contributed by atoms with E-state index >= 15 is 0 Å². The van der Waals surface area contributed by atoms with E-state index in [0.717, 1.165) is 26.1 Å². The SMILES string of the molecule is O=C(c1ccc(Br)cc1F)N1CC[C@H]2CNC[C@H]21. The number of likely N-dealkylation sites (tertiary alicyclic amines) is 1. The molecule has 0 bridgehead atoms. The van der Waals surface area contributed by atoms with Crippen molar-refractivity contribution in [1.29, 1.82) is 0 Å². The van der Waals surface area contributed by atoms with Gasteiger partial charge in [-0.25, -0.2) is 4.39 Å². The molecule has 0 aliphatic carbocycles. The summed E-state index contributed by atoms with van der Waals surface area (Å²) < 4.78 is 14.5. The van der Waals surface area contributed by atoms with E-state index in [0.29, 0.717) is 10.4 Å². The highest BCUT2D eigenvalue weighted by Gasteiger charge is 2.40. The van der Waals surface area contributed by atoms with E-state index in [4.69, 9.17) is 0 Å². The standard InChI is InChI=1S/C13H14BrFN2O/c14-9-1-2-10(11(15)5-9)13(18)17-4-3-8-6-16-7-12(8)17/h1-2,5,8,12,16H,3-4,6-7H2/t8-,12+/m0/s1. The van der Waals surface area contributed by atoms with E-state index < -0.39 is 5.82 Å². The Kier molecular flexibility index (Phi) is 3.11. The second kappa shape index (κ2) is 4.63. The number of rotatable bonds is 1. The molecule has 96 valence electrons. The van der Waals surface area contributed by atoms with Crippen LogP contribution in [0.4, 0.5) is 4.39 Å². The lowest BCUT2D eigenvalue weighted by atomic mass is 10.0. The molecule has 1 amide bonds. The molecule has 2 aliphatic heterocycles. The fourth-order valence-electron chi connectivity index (χ4n) is 2.92. The topological polar surface area (TPSA) is 32.3 Å². The van der Waals surface area contributed by atoms with Crippen LogP contribution in [0.3, 0.4) is 0 Å². The van der Waals surface area contributed by atoms with Gasteiger partial charge in [-0.05, 0) is 30.5 Å². The summed E-state index contributed by atoms with van der Waals surface area (Å²) >= 11 is 3.20. The minimum atomic E-state index is -0.455. The molecule has 2 saturated heterocycles. The molecule has 2 fully saturated rings. The predicted octanol–water partition coefficient (Wildman–Crippen LogP) is 2.02. The maximum Gasteiger partial charge on any atom is 0.257 e. The van der Waals surface area contributed by atoms with E-state index in [-0.39, 0.29) is 17.5 Å². The Hall–Kier alpha value is -0.940. The fraction of sp³-hybridized carbons (Fsp3) is 0.462. The maximum absolute atomic E-state index is 13.8. The van der Waals surface area contributed by atoms with Gasteiger partial charge in [-0.2, -0.15) is 0 Å². The Morgan fingerprint density at radius 2 is 2.28 bits per heavy atom. The van der Waals surface area contributed by atoms with E-state index in [1.807, 2.05) is 4.90 Å². The first-order valence-electron chi connectivity index (χ1n) is 6.13. The van der Waals surface area contributed by atoms with Gasteiger partial charge in [0.05, 0.1) is 5.56 Å². The molecule has 0 spiro atoms. The molecule has 0 radical (unpaired) electrons. The van der Waals surface area contributed by atoms with Crippen molar-refractivity contribution in [2.75, 3.05) is 19.6 Å². The molecule has 0 saturated carbocycles. The zero-order valence-corrected chi connectivity index (χ0v) is 11.4. The van der Waals surface area contributed by atoms with Crippen molar-refractivity contribution in [3.63, 3.8) is 0 Å². The molecule has 5 heteroatoms. The van der Waals surface area contributed by atoms with Crippen molar-refractivity contribution < 1.29 is 9.18 Å². The third kappa shape index (κ3) is 1.95. The Morgan fingerprint density at radius 1 is 1.44 bits per heavy atom. The van der Waals surface area contributed by atoms with Crippen molar-refractivity contribution in [3.05, 3.63) is 34.1 Å². The van der Waals surface area contributed by atoms with Crippen molar-refractivity contribution in [2.24, 2.45) is 5.92 Å². The van der Waals surface area contributed by atoms with Gasteiger partial charge < -0.3 is 10.2 Å². The molecule has 18 heavy (non-hydrogen) atoms. The molecule has 0 unspecified atom stereocenters. The van der Waals surface area contributed by atoms with Gasteiger partial charge >= 0.3 is 0 Å². The van der Waals surface area contributed by atoms with Crippen molar-refractivity contribution in [2.45, 2.75) is 12.5 Å². The first kappa shape index (κ1) is 12.1. The lowest BCUT2D eigenvalue weighted by Crippen LogP contribution is -2.39. The van der Waals surface area contributed by atoms with E-state index in [2.05, 4.69) is 21.2 Å². The summed E-state index contributed by atoms with van der Waals surface area (Å²) in [6.45, 7) is 2.54. The highest BCUT2D eigenvalue weighted by Crippen LogP contribution is 2.29. The van der Waals surface area contributed by atoms with Crippen molar-refractivity contribution in [1.82, 2.24) is 10.2 Å². The number of nitrogens with one attached hydrogen (secondary N) is 1. The summed E-state index contributed by atoms with van der Waals surface area (Å²) in [4.78, 5) is 14.2.